The van der Waals surface area contributed by atoms with E-state index in [-0.39, 0.29) is 6.42 Å². The highest BCUT2D eigenvalue weighted by Gasteiger charge is 2.24. The first-order valence-electron chi connectivity index (χ1n) is 9.17. The number of hydrogen-bond donors (Lipinski definition) is 2. The number of ether oxygens (including phenoxy) is 3. The molecule has 0 unspecified atom stereocenters. The molecule has 0 saturated heterocycles. The second kappa shape index (κ2) is 9.32. The first-order valence-corrected chi connectivity index (χ1v) is 9.17. The summed E-state index contributed by atoms with van der Waals surface area (Å²) in [5, 5.41) is 11.9. The first kappa shape index (κ1) is 22.1. The molecule has 0 aromatic heterocycles. The highest BCUT2D eigenvalue weighted by Crippen LogP contribution is 2.38. The fourth-order valence-electron chi connectivity index (χ4n) is 2.83. The number of amides is 1. The third kappa shape index (κ3) is 6.14. The number of nitrogens with one attached hydrogen (secondary N) is 1. The van der Waals surface area contributed by atoms with E-state index in [9.17, 15) is 14.7 Å². The normalized spacial score (nSPS) is 12.0. The Kier molecular flexibility index (Phi) is 7.09. The summed E-state index contributed by atoms with van der Waals surface area (Å²) >= 11 is 0. The molecule has 0 saturated carbocycles. The van der Waals surface area contributed by atoms with Gasteiger partial charge in [-0.3, -0.25) is 0 Å². The van der Waals surface area contributed by atoms with E-state index >= 15 is 0 Å². The minimum Gasteiger partial charge on any atom is -0.496 e. The van der Waals surface area contributed by atoms with Crippen LogP contribution in [0.4, 0.5) is 4.79 Å². The van der Waals surface area contributed by atoms with Crippen LogP contribution in [0, 0.1) is 0 Å². The third-order valence-corrected chi connectivity index (χ3v) is 4.10. The van der Waals surface area contributed by atoms with Crippen molar-refractivity contribution < 1.29 is 28.9 Å². The number of methoxy groups -OCH3 is 2. The Morgan fingerprint density at radius 3 is 2.00 bits per heavy atom. The van der Waals surface area contributed by atoms with Crippen molar-refractivity contribution in [2.24, 2.45) is 0 Å². The maximum absolute atomic E-state index is 11.9. The monoisotopic (exact) mass is 401 g/mol. The van der Waals surface area contributed by atoms with E-state index in [1.54, 1.807) is 35.0 Å². The molecule has 0 spiro atoms. The Labute approximate surface area is 170 Å². The number of carbonyl (C=O) groups excluding carboxylic acids is 1. The maximum atomic E-state index is 11.9. The zero-order chi connectivity index (χ0) is 21.6. The first-order chi connectivity index (χ1) is 13.6. The lowest BCUT2D eigenvalue weighted by Gasteiger charge is -2.22. The van der Waals surface area contributed by atoms with E-state index < -0.39 is 23.7 Å². The number of benzene rings is 2. The van der Waals surface area contributed by atoms with Gasteiger partial charge >= 0.3 is 12.1 Å². The van der Waals surface area contributed by atoms with Crippen molar-refractivity contribution in [3.8, 4) is 22.6 Å². The van der Waals surface area contributed by atoms with Crippen molar-refractivity contribution >= 4 is 12.1 Å². The minimum atomic E-state index is -1.13. The van der Waals surface area contributed by atoms with Crippen LogP contribution in [0.25, 0.3) is 11.1 Å². The summed E-state index contributed by atoms with van der Waals surface area (Å²) in [5.41, 5.74) is 1.73. The molecule has 7 heteroatoms. The predicted octanol–water partition coefficient (Wildman–Crippen LogP) is 3.89. The molecule has 0 aliphatic heterocycles. The van der Waals surface area contributed by atoms with E-state index in [2.05, 4.69) is 5.32 Å². The van der Waals surface area contributed by atoms with Gasteiger partial charge < -0.3 is 24.6 Å². The average Bonchev–Trinajstić information content (AvgIpc) is 2.65. The van der Waals surface area contributed by atoms with Crippen LogP contribution in [0.5, 0.6) is 11.5 Å². The van der Waals surface area contributed by atoms with Gasteiger partial charge in [0.25, 0.3) is 0 Å². The number of alkyl carbamates (subject to hydrolysis) is 1. The molecular formula is C22H27NO6. The molecular weight excluding hydrogens is 374 g/mol. The zero-order valence-corrected chi connectivity index (χ0v) is 17.3. The molecule has 1 amide bonds. The highest BCUT2D eigenvalue weighted by atomic mass is 16.6. The number of carbonyl (C=O) groups is 2. The van der Waals surface area contributed by atoms with Crippen LogP contribution in [0.1, 0.15) is 26.3 Å². The molecule has 0 heterocycles. The molecule has 2 rings (SSSR count). The quantitative estimate of drug-likeness (QED) is 0.731. The summed E-state index contributed by atoms with van der Waals surface area (Å²) in [4.78, 5) is 23.5. The van der Waals surface area contributed by atoms with Crippen molar-refractivity contribution in [1.29, 1.82) is 0 Å². The predicted molar refractivity (Wildman–Crippen MR) is 109 cm³/mol. The van der Waals surface area contributed by atoms with E-state index in [0.29, 0.717) is 11.5 Å². The summed E-state index contributed by atoms with van der Waals surface area (Å²) in [6.45, 7) is 5.15. The maximum Gasteiger partial charge on any atom is 0.408 e. The van der Waals surface area contributed by atoms with Crippen LogP contribution in [0.2, 0.25) is 0 Å². The molecule has 29 heavy (non-hydrogen) atoms. The molecule has 0 aliphatic carbocycles. The van der Waals surface area contributed by atoms with Gasteiger partial charge in [0.15, 0.2) is 0 Å². The van der Waals surface area contributed by atoms with Gasteiger partial charge in [-0.2, -0.15) is 0 Å². The molecule has 0 bridgehead atoms. The van der Waals surface area contributed by atoms with Crippen LogP contribution in [0.3, 0.4) is 0 Å². The summed E-state index contributed by atoms with van der Waals surface area (Å²) in [6.07, 6.45) is -0.641. The lowest BCUT2D eigenvalue weighted by atomic mass is 9.99. The SMILES string of the molecule is COc1cccc(OC)c1-c1ccc(C[C@@H](NC(=O)OC(C)(C)C)C(=O)O)cc1. The fourth-order valence-corrected chi connectivity index (χ4v) is 2.83. The summed E-state index contributed by atoms with van der Waals surface area (Å²) in [6, 6.07) is 11.8. The standard InChI is InChI=1S/C22H27NO6/c1-22(2,3)29-21(26)23-16(20(24)25)13-14-9-11-15(12-10-14)19-17(27-4)7-6-8-18(19)28-5/h6-12,16H,13H2,1-5H3,(H,23,26)(H,24,25)/t16-/m1/s1. The number of carboxylic acid groups (broad SMARTS) is 1. The highest BCUT2D eigenvalue weighted by molar-refractivity contribution is 5.80. The van der Waals surface area contributed by atoms with Gasteiger partial charge in [0.2, 0.25) is 0 Å². The second-order valence-corrected chi connectivity index (χ2v) is 7.48. The average molecular weight is 401 g/mol. The lowest BCUT2D eigenvalue weighted by molar-refractivity contribution is -0.139. The second-order valence-electron chi connectivity index (χ2n) is 7.48. The fraction of sp³-hybridized carbons (Fsp3) is 0.364. The lowest BCUT2D eigenvalue weighted by Crippen LogP contribution is -2.44. The Morgan fingerprint density at radius 1 is 1.00 bits per heavy atom. The van der Waals surface area contributed by atoms with Gasteiger partial charge in [0, 0.05) is 6.42 Å². The smallest absolute Gasteiger partial charge is 0.408 e. The van der Waals surface area contributed by atoms with Gasteiger partial charge in [0.05, 0.1) is 19.8 Å². The summed E-state index contributed by atoms with van der Waals surface area (Å²) < 4.78 is 16.0. The number of rotatable bonds is 7. The van der Waals surface area contributed by atoms with Crippen molar-refractivity contribution in [3.63, 3.8) is 0 Å². The Bertz CT molecular complexity index is 832. The molecule has 0 fully saturated rings. The van der Waals surface area contributed by atoms with Crippen LogP contribution in [-0.4, -0.2) is 43.0 Å². The number of hydrogen-bond acceptors (Lipinski definition) is 5. The molecule has 0 aliphatic rings. The van der Waals surface area contributed by atoms with Crippen LogP contribution in [0.15, 0.2) is 42.5 Å². The van der Waals surface area contributed by atoms with E-state index in [1.165, 1.54) is 0 Å². The molecule has 2 aromatic rings. The molecule has 7 nitrogen and oxygen atoms in total. The minimum absolute atomic E-state index is 0.123. The zero-order valence-electron chi connectivity index (χ0n) is 17.3. The van der Waals surface area contributed by atoms with Crippen molar-refractivity contribution in [1.82, 2.24) is 5.32 Å². The van der Waals surface area contributed by atoms with Crippen molar-refractivity contribution in [2.75, 3.05) is 14.2 Å². The Balaban J connectivity index is 2.19. The van der Waals surface area contributed by atoms with Crippen molar-refractivity contribution in [2.45, 2.75) is 38.8 Å². The molecule has 2 N–H and O–H groups in total. The Morgan fingerprint density at radius 2 is 1.55 bits per heavy atom. The summed E-state index contributed by atoms with van der Waals surface area (Å²) in [7, 11) is 3.18. The van der Waals surface area contributed by atoms with Gasteiger partial charge in [-0.25, -0.2) is 9.59 Å². The molecule has 0 radical (unpaired) electrons. The number of aliphatic carboxylic acids is 1. The van der Waals surface area contributed by atoms with E-state index in [4.69, 9.17) is 14.2 Å². The summed E-state index contributed by atoms with van der Waals surface area (Å²) in [5.74, 6) is 0.213. The van der Waals surface area contributed by atoms with Crippen molar-refractivity contribution in [3.05, 3.63) is 48.0 Å². The molecule has 2 aromatic carbocycles. The van der Waals surface area contributed by atoms with Gasteiger partial charge in [-0.15, -0.1) is 0 Å². The largest absolute Gasteiger partial charge is 0.496 e. The van der Waals surface area contributed by atoms with E-state index in [0.717, 1.165) is 16.7 Å². The van der Waals surface area contributed by atoms with Gasteiger partial charge in [-0.1, -0.05) is 30.3 Å². The van der Waals surface area contributed by atoms with Crippen LogP contribution < -0.4 is 14.8 Å². The van der Waals surface area contributed by atoms with Crippen LogP contribution >= 0.6 is 0 Å². The van der Waals surface area contributed by atoms with Gasteiger partial charge in [0.1, 0.15) is 23.1 Å². The number of carboxylic acids is 1. The topological polar surface area (TPSA) is 94.1 Å². The Hall–Kier alpha value is -3.22. The van der Waals surface area contributed by atoms with Crippen LogP contribution in [-0.2, 0) is 16.0 Å². The molecule has 156 valence electrons. The third-order valence-electron chi connectivity index (χ3n) is 4.10. The molecule has 1 atom stereocenters. The van der Waals surface area contributed by atoms with E-state index in [1.807, 2.05) is 42.5 Å². The van der Waals surface area contributed by atoms with Gasteiger partial charge in [-0.05, 0) is 44.0 Å².